The van der Waals surface area contributed by atoms with Crippen LogP contribution in [0.25, 0.3) is 11.1 Å². The van der Waals surface area contributed by atoms with Gasteiger partial charge < -0.3 is 24.8 Å². The zero-order valence-corrected chi connectivity index (χ0v) is 18.7. The van der Waals surface area contributed by atoms with Crippen molar-refractivity contribution >= 4 is 18.0 Å². The monoisotopic (exact) mass is 452 g/mol. The lowest BCUT2D eigenvalue weighted by atomic mass is 9.98. The maximum absolute atomic E-state index is 13.0. The third-order valence-corrected chi connectivity index (χ3v) is 6.55. The molecule has 0 bridgehead atoms. The molecule has 2 aliphatic rings. The van der Waals surface area contributed by atoms with E-state index in [1.54, 1.807) is 14.0 Å². The highest BCUT2D eigenvalue weighted by atomic mass is 16.5. The van der Waals surface area contributed by atoms with Gasteiger partial charge in [0.25, 0.3) is 0 Å². The lowest BCUT2D eigenvalue weighted by Gasteiger charge is -2.30. The number of carbonyl (C=O) groups excluding carboxylic acids is 2. The van der Waals surface area contributed by atoms with Gasteiger partial charge in [0.2, 0.25) is 5.91 Å². The number of alkyl carbamates (subject to hydrolysis) is 1. The fourth-order valence-corrected chi connectivity index (χ4v) is 4.69. The zero-order chi connectivity index (χ0) is 23.5. The lowest BCUT2D eigenvalue weighted by molar-refractivity contribution is -0.145. The first-order chi connectivity index (χ1) is 15.9. The topological polar surface area (TPSA) is 105 Å². The van der Waals surface area contributed by atoms with Crippen LogP contribution >= 0.6 is 0 Å². The Morgan fingerprint density at radius 3 is 2.27 bits per heavy atom. The molecule has 1 aliphatic carbocycles. The van der Waals surface area contributed by atoms with Crippen LogP contribution in [0.2, 0.25) is 0 Å². The predicted octanol–water partition coefficient (Wildman–Crippen LogP) is 2.86. The summed E-state index contributed by atoms with van der Waals surface area (Å²) in [6.45, 7) is 2.15. The average molecular weight is 453 g/mol. The van der Waals surface area contributed by atoms with Crippen LogP contribution in [-0.4, -0.2) is 66.9 Å². The maximum Gasteiger partial charge on any atom is 0.407 e. The predicted molar refractivity (Wildman–Crippen MR) is 121 cm³/mol. The number of carboxylic acids is 1. The Kier molecular flexibility index (Phi) is 6.65. The summed E-state index contributed by atoms with van der Waals surface area (Å²) >= 11 is 0. The Labute approximate surface area is 192 Å². The number of benzene rings is 2. The Hall–Kier alpha value is -3.39. The second-order valence-electron chi connectivity index (χ2n) is 8.43. The van der Waals surface area contributed by atoms with Crippen molar-refractivity contribution in [3.05, 3.63) is 59.7 Å². The Morgan fingerprint density at radius 1 is 1.09 bits per heavy atom. The van der Waals surface area contributed by atoms with Gasteiger partial charge in [0.15, 0.2) is 0 Å². The minimum absolute atomic E-state index is 0.0637. The molecule has 33 heavy (non-hydrogen) atoms. The van der Waals surface area contributed by atoms with Gasteiger partial charge in [-0.25, -0.2) is 4.79 Å². The van der Waals surface area contributed by atoms with Gasteiger partial charge in [0, 0.05) is 13.0 Å². The first kappa shape index (κ1) is 22.8. The number of aliphatic carboxylic acids is 1. The van der Waals surface area contributed by atoms with Crippen molar-refractivity contribution in [1.29, 1.82) is 0 Å². The maximum atomic E-state index is 13.0. The molecule has 1 heterocycles. The molecule has 1 aliphatic heterocycles. The number of ether oxygens (including phenoxy) is 2. The highest BCUT2D eigenvalue weighted by molar-refractivity contribution is 5.86. The first-order valence-electron chi connectivity index (χ1n) is 11.1. The molecule has 0 spiro atoms. The van der Waals surface area contributed by atoms with Gasteiger partial charge in [-0.2, -0.15) is 0 Å². The van der Waals surface area contributed by atoms with Crippen LogP contribution in [0.5, 0.6) is 0 Å². The van der Waals surface area contributed by atoms with E-state index in [4.69, 9.17) is 9.47 Å². The Balaban J connectivity index is 1.39. The van der Waals surface area contributed by atoms with E-state index >= 15 is 0 Å². The molecule has 1 saturated heterocycles. The number of rotatable bonds is 7. The summed E-state index contributed by atoms with van der Waals surface area (Å²) < 4.78 is 10.8. The van der Waals surface area contributed by atoms with Crippen molar-refractivity contribution in [2.45, 2.75) is 31.3 Å². The van der Waals surface area contributed by atoms with Gasteiger partial charge >= 0.3 is 12.1 Å². The van der Waals surface area contributed by atoms with Crippen molar-refractivity contribution in [2.24, 2.45) is 5.92 Å². The van der Waals surface area contributed by atoms with Crippen molar-refractivity contribution < 1.29 is 29.0 Å². The summed E-state index contributed by atoms with van der Waals surface area (Å²) in [7, 11) is 1.54. The molecule has 0 saturated carbocycles. The number of likely N-dealkylation sites (N-methyl/N-ethyl adjacent to an activating group) is 1. The molecule has 3 atom stereocenters. The van der Waals surface area contributed by atoms with E-state index in [1.165, 1.54) is 4.90 Å². The third kappa shape index (κ3) is 4.43. The third-order valence-electron chi connectivity index (χ3n) is 6.55. The number of hydrogen-bond acceptors (Lipinski definition) is 5. The number of hydrogen-bond donors (Lipinski definition) is 2. The molecule has 0 radical (unpaired) electrons. The van der Waals surface area contributed by atoms with Crippen LogP contribution in [0.4, 0.5) is 4.79 Å². The van der Waals surface area contributed by atoms with E-state index in [9.17, 15) is 19.5 Å². The van der Waals surface area contributed by atoms with Gasteiger partial charge in [-0.15, -0.1) is 0 Å². The van der Waals surface area contributed by atoms with Crippen LogP contribution in [0.1, 0.15) is 30.4 Å². The first-order valence-corrected chi connectivity index (χ1v) is 11.1. The van der Waals surface area contributed by atoms with Crippen LogP contribution in [-0.2, 0) is 19.1 Å². The van der Waals surface area contributed by atoms with E-state index in [0.717, 1.165) is 22.3 Å². The molecule has 2 aromatic rings. The molecule has 2 aromatic carbocycles. The van der Waals surface area contributed by atoms with Crippen LogP contribution in [0.15, 0.2) is 48.5 Å². The summed E-state index contributed by atoms with van der Waals surface area (Å²) in [4.78, 5) is 38.4. The van der Waals surface area contributed by atoms with Gasteiger partial charge in [0.05, 0.1) is 19.3 Å². The number of amides is 2. The second-order valence-corrected chi connectivity index (χ2v) is 8.43. The van der Waals surface area contributed by atoms with Crippen molar-refractivity contribution in [1.82, 2.24) is 10.2 Å². The number of carboxylic acid groups (broad SMARTS) is 1. The molecule has 2 N–H and O–H groups in total. The molecule has 8 heteroatoms. The largest absolute Gasteiger partial charge is 0.481 e. The molecule has 8 nitrogen and oxygen atoms in total. The Morgan fingerprint density at radius 2 is 1.70 bits per heavy atom. The number of carbonyl (C=O) groups is 3. The van der Waals surface area contributed by atoms with Gasteiger partial charge in [-0.1, -0.05) is 55.5 Å². The standard InChI is InChI=1S/C25H28N2O6/c1-3-21(23(28)27(2)22-14-32-12-20(22)24(29)30)26-25(31)33-13-19-17-10-6-4-8-15(17)16-9-5-7-11-18(16)19/h4-11,19-22H,3,12-14H2,1-2H3,(H,26,31)(H,29,30). The fourth-order valence-electron chi connectivity index (χ4n) is 4.69. The van der Waals surface area contributed by atoms with E-state index in [0.29, 0.717) is 6.42 Å². The molecular formula is C25H28N2O6. The van der Waals surface area contributed by atoms with Gasteiger partial charge in [-0.05, 0) is 28.7 Å². The molecule has 0 aromatic heterocycles. The number of nitrogens with zero attached hydrogens (tertiary/aromatic N) is 1. The van der Waals surface area contributed by atoms with Crippen molar-refractivity contribution in [2.75, 3.05) is 26.9 Å². The summed E-state index contributed by atoms with van der Waals surface area (Å²) in [6.07, 6.45) is -0.332. The van der Waals surface area contributed by atoms with E-state index in [-0.39, 0.29) is 31.6 Å². The minimum atomic E-state index is -1.00. The molecule has 2 amide bonds. The quantitative estimate of drug-likeness (QED) is 0.669. The average Bonchev–Trinajstić information content (AvgIpc) is 3.44. The molecule has 174 valence electrons. The fraction of sp³-hybridized carbons (Fsp3) is 0.400. The molecule has 1 fully saturated rings. The van der Waals surface area contributed by atoms with Gasteiger partial charge in [-0.3, -0.25) is 9.59 Å². The van der Waals surface area contributed by atoms with E-state index in [1.807, 2.05) is 36.4 Å². The number of nitrogens with one attached hydrogen (secondary N) is 1. The van der Waals surface area contributed by atoms with E-state index in [2.05, 4.69) is 17.4 Å². The highest BCUT2D eigenvalue weighted by Gasteiger charge is 2.40. The SMILES string of the molecule is CCC(NC(=O)OCC1c2ccccc2-c2ccccc21)C(=O)N(C)C1COCC1C(=O)O. The molecule has 3 unspecified atom stereocenters. The summed E-state index contributed by atoms with van der Waals surface area (Å²) in [6, 6.07) is 14.7. The smallest absolute Gasteiger partial charge is 0.407 e. The van der Waals surface area contributed by atoms with Crippen molar-refractivity contribution in [3.8, 4) is 11.1 Å². The lowest BCUT2D eigenvalue weighted by Crippen LogP contribution is -2.52. The summed E-state index contributed by atoms with van der Waals surface area (Å²) in [5.74, 6) is -2.23. The second kappa shape index (κ2) is 9.62. The Bertz CT molecular complexity index is 1010. The summed E-state index contributed by atoms with van der Waals surface area (Å²) in [5, 5.41) is 12.0. The van der Waals surface area contributed by atoms with Crippen LogP contribution in [0.3, 0.4) is 0 Å². The zero-order valence-electron chi connectivity index (χ0n) is 18.7. The van der Waals surface area contributed by atoms with Crippen LogP contribution < -0.4 is 5.32 Å². The number of fused-ring (bicyclic) bond motifs is 3. The minimum Gasteiger partial charge on any atom is -0.481 e. The van der Waals surface area contributed by atoms with Gasteiger partial charge in [0.1, 0.15) is 18.6 Å². The normalized spacial score (nSPS) is 19.9. The van der Waals surface area contributed by atoms with E-state index < -0.39 is 30.1 Å². The molecular weight excluding hydrogens is 424 g/mol. The van der Waals surface area contributed by atoms with Crippen molar-refractivity contribution in [3.63, 3.8) is 0 Å². The summed E-state index contributed by atoms with van der Waals surface area (Å²) in [5.41, 5.74) is 4.49. The highest BCUT2D eigenvalue weighted by Crippen LogP contribution is 2.44. The van der Waals surface area contributed by atoms with Crippen LogP contribution in [0, 0.1) is 5.92 Å². The molecule has 4 rings (SSSR count).